The van der Waals surface area contributed by atoms with Gasteiger partial charge in [0.05, 0.1) is 11.3 Å². The van der Waals surface area contributed by atoms with Crippen LogP contribution in [0.4, 0.5) is 0 Å². The zero-order valence-corrected chi connectivity index (χ0v) is 17.3. The molecule has 6 heteroatoms. The molecule has 1 aliphatic heterocycles. The van der Waals surface area contributed by atoms with E-state index in [1.807, 2.05) is 65.2 Å². The number of carbonyl (C=O) groups excluding carboxylic acids is 2. The van der Waals surface area contributed by atoms with Gasteiger partial charge in [-0.05, 0) is 42.5 Å². The fourth-order valence-electron chi connectivity index (χ4n) is 3.97. The maximum atomic E-state index is 13.1. The number of ketones is 1. The van der Waals surface area contributed by atoms with Crippen molar-refractivity contribution >= 4 is 29.1 Å². The van der Waals surface area contributed by atoms with E-state index >= 15 is 0 Å². The summed E-state index contributed by atoms with van der Waals surface area (Å²) in [7, 11) is 0. The van der Waals surface area contributed by atoms with Crippen LogP contribution in [0.25, 0.3) is 34.4 Å². The summed E-state index contributed by atoms with van der Waals surface area (Å²) in [5, 5.41) is 0. The van der Waals surface area contributed by atoms with Gasteiger partial charge in [-0.2, -0.15) is 4.98 Å². The molecule has 3 heterocycles. The number of ether oxygens (including phenoxy) is 1. The number of hydrogen-bond donors (Lipinski definition) is 0. The first-order chi connectivity index (χ1) is 16.2. The standard InChI is InChI=1S/C27H16N2O4/c30-24-20-13-7-8-14-22(20)33-27(31)21(24)15-19-16-23-25(29(19)18-11-5-2-6-12-18)28-26(32-23)17-9-3-1-4-10-17/h1-16H/b21-15-. The highest BCUT2D eigenvalue weighted by Crippen LogP contribution is 2.33. The van der Waals surface area contributed by atoms with Crippen molar-refractivity contribution in [3.05, 3.63) is 108 Å². The van der Waals surface area contributed by atoms with Crippen LogP contribution in [0.3, 0.4) is 0 Å². The molecule has 0 amide bonds. The topological polar surface area (TPSA) is 74.3 Å². The summed E-state index contributed by atoms with van der Waals surface area (Å²) < 4.78 is 13.3. The molecule has 0 N–H and O–H groups in total. The van der Waals surface area contributed by atoms with Crippen molar-refractivity contribution in [3.63, 3.8) is 0 Å². The normalized spacial score (nSPS) is 14.5. The number of para-hydroxylation sites is 2. The van der Waals surface area contributed by atoms with Crippen molar-refractivity contribution in [2.45, 2.75) is 0 Å². The van der Waals surface area contributed by atoms with Gasteiger partial charge in [-0.25, -0.2) is 4.79 Å². The fourth-order valence-corrected chi connectivity index (χ4v) is 3.97. The first-order valence-electron chi connectivity index (χ1n) is 10.4. The molecule has 3 aromatic carbocycles. The highest BCUT2D eigenvalue weighted by Gasteiger charge is 2.31. The summed E-state index contributed by atoms with van der Waals surface area (Å²) in [4.78, 5) is 30.4. The van der Waals surface area contributed by atoms with Crippen LogP contribution >= 0.6 is 0 Å². The van der Waals surface area contributed by atoms with Crippen LogP contribution in [0.1, 0.15) is 16.1 Å². The number of esters is 1. The molecular formula is C27H16N2O4. The third-order valence-corrected chi connectivity index (χ3v) is 5.51. The second-order valence-corrected chi connectivity index (χ2v) is 7.59. The highest BCUT2D eigenvalue weighted by molar-refractivity contribution is 6.30. The van der Waals surface area contributed by atoms with Crippen molar-refractivity contribution < 1.29 is 18.7 Å². The van der Waals surface area contributed by atoms with Crippen LogP contribution in [0.15, 0.2) is 101 Å². The van der Waals surface area contributed by atoms with E-state index in [0.717, 1.165) is 11.3 Å². The minimum absolute atomic E-state index is 0.0469. The quantitative estimate of drug-likeness (QED) is 0.164. The Morgan fingerprint density at radius 2 is 1.52 bits per heavy atom. The van der Waals surface area contributed by atoms with Crippen LogP contribution in [-0.4, -0.2) is 21.3 Å². The van der Waals surface area contributed by atoms with Crippen LogP contribution < -0.4 is 4.74 Å². The van der Waals surface area contributed by atoms with Crippen molar-refractivity contribution in [1.29, 1.82) is 0 Å². The SMILES string of the molecule is O=C1Oc2ccccc2C(=O)/C1=C/c1cc2oc(-c3ccccc3)nc2n1-c1ccccc1. The zero-order valence-electron chi connectivity index (χ0n) is 17.3. The zero-order chi connectivity index (χ0) is 22.4. The van der Waals surface area contributed by atoms with Gasteiger partial charge in [-0.1, -0.05) is 48.5 Å². The lowest BCUT2D eigenvalue weighted by molar-refractivity contribution is -0.130. The molecule has 0 saturated carbocycles. The second-order valence-electron chi connectivity index (χ2n) is 7.59. The molecule has 0 fully saturated rings. The lowest BCUT2D eigenvalue weighted by Gasteiger charge is -2.16. The van der Waals surface area contributed by atoms with E-state index in [0.29, 0.717) is 28.4 Å². The van der Waals surface area contributed by atoms with Crippen molar-refractivity contribution in [1.82, 2.24) is 9.55 Å². The Balaban J connectivity index is 1.54. The van der Waals surface area contributed by atoms with E-state index in [4.69, 9.17) is 14.1 Å². The van der Waals surface area contributed by atoms with Gasteiger partial charge in [0.25, 0.3) is 0 Å². The van der Waals surface area contributed by atoms with Gasteiger partial charge < -0.3 is 9.15 Å². The smallest absolute Gasteiger partial charge is 0.347 e. The molecule has 0 aliphatic carbocycles. The van der Waals surface area contributed by atoms with E-state index in [1.165, 1.54) is 6.08 Å². The van der Waals surface area contributed by atoms with E-state index in [-0.39, 0.29) is 17.1 Å². The number of carbonyl (C=O) groups is 2. The minimum atomic E-state index is -0.686. The summed E-state index contributed by atoms with van der Waals surface area (Å²) in [6.07, 6.45) is 1.53. The van der Waals surface area contributed by atoms with Crippen molar-refractivity contribution in [2.75, 3.05) is 0 Å². The Kier molecular flexibility index (Phi) is 4.30. The third-order valence-electron chi connectivity index (χ3n) is 5.51. The Hall–Kier alpha value is -4.71. The first-order valence-corrected chi connectivity index (χ1v) is 10.4. The lowest BCUT2D eigenvalue weighted by Crippen LogP contribution is -2.25. The molecule has 0 spiro atoms. The predicted molar refractivity (Wildman–Crippen MR) is 123 cm³/mol. The van der Waals surface area contributed by atoms with E-state index in [1.54, 1.807) is 30.3 Å². The maximum absolute atomic E-state index is 13.1. The summed E-state index contributed by atoms with van der Waals surface area (Å²) in [6, 6.07) is 27.7. The number of aromatic nitrogens is 2. The molecule has 158 valence electrons. The van der Waals surface area contributed by atoms with Gasteiger partial charge in [0, 0.05) is 17.3 Å². The molecule has 33 heavy (non-hydrogen) atoms. The highest BCUT2D eigenvalue weighted by atomic mass is 16.5. The Bertz CT molecular complexity index is 1560. The maximum Gasteiger partial charge on any atom is 0.347 e. The average molecular weight is 432 g/mol. The van der Waals surface area contributed by atoms with Crippen LogP contribution in [-0.2, 0) is 4.79 Å². The fraction of sp³-hybridized carbons (Fsp3) is 0. The molecule has 6 rings (SSSR count). The van der Waals surface area contributed by atoms with Crippen molar-refractivity contribution in [2.24, 2.45) is 0 Å². The Morgan fingerprint density at radius 1 is 0.818 bits per heavy atom. The molecule has 6 nitrogen and oxygen atoms in total. The number of rotatable bonds is 3. The van der Waals surface area contributed by atoms with E-state index in [2.05, 4.69) is 0 Å². The lowest BCUT2D eigenvalue weighted by atomic mass is 9.99. The Morgan fingerprint density at radius 3 is 2.30 bits per heavy atom. The van der Waals surface area contributed by atoms with Gasteiger partial charge in [0.15, 0.2) is 11.2 Å². The number of benzene rings is 3. The average Bonchev–Trinajstić information content (AvgIpc) is 3.40. The van der Waals surface area contributed by atoms with Gasteiger partial charge in [-0.3, -0.25) is 9.36 Å². The van der Waals surface area contributed by atoms with Gasteiger partial charge in [0.2, 0.25) is 11.7 Å². The summed E-state index contributed by atoms with van der Waals surface area (Å²) >= 11 is 0. The molecule has 0 bridgehead atoms. The van der Waals surface area contributed by atoms with E-state index in [9.17, 15) is 9.59 Å². The molecule has 0 atom stereocenters. The number of oxazole rings is 1. The van der Waals surface area contributed by atoms with Gasteiger partial charge in [0.1, 0.15) is 11.3 Å². The minimum Gasteiger partial charge on any atom is -0.434 e. The molecular weight excluding hydrogens is 416 g/mol. The molecule has 0 saturated heterocycles. The summed E-state index contributed by atoms with van der Waals surface area (Å²) in [5.41, 5.74) is 3.70. The summed E-state index contributed by atoms with van der Waals surface area (Å²) in [6.45, 7) is 0. The molecule has 0 radical (unpaired) electrons. The number of nitrogens with zero attached hydrogens (tertiary/aromatic N) is 2. The van der Waals surface area contributed by atoms with E-state index < -0.39 is 5.97 Å². The van der Waals surface area contributed by atoms with Crippen LogP contribution in [0, 0.1) is 0 Å². The number of hydrogen-bond acceptors (Lipinski definition) is 5. The first kappa shape index (κ1) is 19.0. The van der Waals surface area contributed by atoms with Gasteiger partial charge >= 0.3 is 5.97 Å². The molecule has 2 aromatic heterocycles. The third kappa shape index (κ3) is 3.16. The molecule has 0 unspecified atom stereocenters. The van der Waals surface area contributed by atoms with Crippen LogP contribution in [0.5, 0.6) is 5.75 Å². The predicted octanol–water partition coefficient (Wildman–Crippen LogP) is 5.47. The number of fused-ring (bicyclic) bond motifs is 2. The molecule has 1 aliphatic rings. The Labute approximate surface area is 188 Å². The second kappa shape index (κ2) is 7.46. The molecule has 5 aromatic rings. The van der Waals surface area contributed by atoms with Gasteiger partial charge in [-0.15, -0.1) is 0 Å². The van der Waals surface area contributed by atoms with Crippen molar-refractivity contribution in [3.8, 4) is 22.9 Å². The monoisotopic (exact) mass is 432 g/mol. The largest absolute Gasteiger partial charge is 0.434 e. The van der Waals surface area contributed by atoms with Crippen LogP contribution in [0.2, 0.25) is 0 Å². The summed E-state index contributed by atoms with van der Waals surface area (Å²) in [5.74, 6) is -0.302. The number of Topliss-reactive ketones (excluding diaryl/α,β-unsaturated/α-hetero) is 1.